The van der Waals surface area contributed by atoms with Gasteiger partial charge in [-0.05, 0) is 30.0 Å². The van der Waals surface area contributed by atoms with Gasteiger partial charge in [0.2, 0.25) is 0 Å². The molecule has 0 spiro atoms. The largest absolute Gasteiger partial charge is 0.253 e. The Hall–Kier alpha value is -1.89. The van der Waals surface area contributed by atoms with E-state index < -0.39 is 0 Å². The van der Waals surface area contributed by atoms with Crippen LogP contribution in [0.15, 0.2) is 59.6 Å². The third-order valence-electron chi connectivity index (χ3n) is 2.99. The first kappa shape index (κ1) is 9.34. The second kappa shape index (κ2) is 3.93. The van der Waals surface area contributed by atoms with Gasteiger partial charge in [-0.15, -0.1) is 0 Å². The molecule has 0 aromatic heterocycles. The lowest BCUT2D eigenvalue weighted by Crippen LogP contribution is -2.07. The van der Waals surface area contributed by atoms with Crippen molar-refractivity contribution in [2.24, 2.45) is 4.99 Å². The first-order valence-corrected chi connectivity index (χ1v) is 5.64. The third-order valence-corrected chi connectivity index (χ3v) is 2.99. The molecule has 0 N–H and O–H groups in total. The van der Waals surface area contributed by atoms with E-state index in [-0.39, 0.29) is 0 Å². The van der Waals surface area contributed by atoms with Gasteiger partial charge in [0.15, 0.2) is 0 Å². The maximum atomic E-state index is 4.73. The summed E-state index contributed by atoms with van der Waals surface area (Å²) in [6.45, 7) is 0. The van der Waals surface area contributed by atoms with Crippen LogP contribution >= 0.6 is 0 Å². The molecule has 0 unspecified atom stereocenters. The van der Waals surface area contributed by atoms with Gasteiger partial charge in [0.1, 0.15) is 0 Å². The summed E-state index contributed by atoms with van der Waals surface area (Å²) in [4.78, 5) is 4.73. The quantitative estimate of drug-likeness (QED) is 0.675. The monoisotopic (exact) mass is 207 g/mol. The topological polar surface area (TPSA) is 12.4 Å². The van der Waals surface area contributed by atoms with Crippen molar-refractivity contribution >= 4 is 11.4 Å². The molecule has 2 aromatic rings. The smallest absolute Gasteiger partial charge is 0.0665 e. The SMILES string of the molecule is c1ccc(C2=Nc3ccccc3CC2)cc1. The highest BCUT2D eigenvalue weighted by atomic mass is 14.8. The summed E-state index contributed by atoms with van der Waals surface area (Å²) >= 11 is 0. The highest BCUT2D eigenvalue weighted by Crippen LogP contribution is 2.27. The Morgan fingerprint density at radius 2 is 1.50 bits per heavy atom. The van der Waals surface area contributed by atoms with Crippen molar-refractivity contribution in [1.29, 1.82) is 0 Å². The van der Waals surface area contributed by atoms with Crippen molar-refractivity contribution in [2.45, 2.75) is 12.8 Å². The number of aryl methyl sites for hydroxylation is 1. The van der Waals surface area contributed by atoms with Crippen LogP contribution in [0.5, 0.6) is 0 Å². The van der Waals surface area contributed by atoms with Crippen LogP contribution in [-0.4, -0.2) is 5.71 Å². The van der Waals surface area contributed by atoms with E-state index in [2.05, 4.69) is 48.5 Å². The van der Waals surface area contributed by atoms with Crippen LogP contribution in [-0.2, 0) is 6.42 Å². The predicted molar refractivity (Wildman–Crippen MR) is 67.4 cm³/mol. The maximum absolute atomic E-state index is 4.73. The summed E-state index contributed by atoms with van der Waals surface area (Å²) in [7, 11) is 0. The van der Waals surface area contributed by atoms with Gasteiger partial charge in [-0.25, -0.2) is 0 Å². The number of aliphatic imine (C=N–C) groups is 1. The first-order chi connectivity index (χ1) is 7.93. The van der Waals surface area contributed by atoms with Crippen molar-refractivity contribution in [2.75, 3.05) is 0 Å². The molecule has 1 heterocycles. The summed E-state index contributed by atoms with van der Waals surface area (Å²) < 4.78 is 0. The molecule has 0 saturated carbocycles. The highest BCUT2D eigenvalue weighted by molar-refractivity contribution is 6.03. The van der Waals surface area contributed by atoms with Gasteiger partial charge in [0.25, 0.3) is 0 Å². The Balaban J connectivity index is 2.04. The first-order valence-electron chi connectivity index (χ1n) is 5.64. The van der Waals surface area contributed by atoms with Crippen LogP contribution in [0.25, 0.3) is 0 Å². The van der Waals surface area contributed by atoms with Crippen molar-refractivity contribution in [1.82, 2.24) is 0 Å². The normalized spacial score (nSPS) is 14.1. The fourth-order valence-corrected chi connectivity index (χ4v) is 2.13. The average Bonchev–Trinajstić information content (AvgIpc) is 2.39. The van der Waals surface area contributed by atoms with Crippen molar-refractivity contribution in [3.63, 3.8) is 0 Å². The zero-order valence-corrected chi connectivity index (χ0v) is 9.06. The van der Waals surface area contributed by atoms with Gasteiger partial charge in [-0.2, -0.15) is 0 Å². The second-order valence-electron chi connectivity index (χ2n) is 4.05. The molecular formula is C15H13N. The van der Waals surface area contributed by atoms with E-state index in [0.29, 0.717) is 0 Å². The molecule has 0 atom stereocenters. The van der Waals surface area contributed by atoms with Crippen LogP contribution in [0.3, 0.4) is 0 Å². The fourth-order valence-electron chi connectivity index (χ4n) is 2.13. The van der Waals surface area contributed by atoms with E-state index >= 15 is 0 Å². The van der Waals surface area contributed by atoms with Crippen LogP contribution in [0.2, 0.25) is 0 Å². The number of hydrogen-bond acceptors (Lipinski definition) is 1. The minimum absolute atomic E-state index is 1.04. The Morgan fingerprint density at radius 3 is 2.38 bits per heavy atom. The number of nitrogens with zero attached hydrogens (tertiary/aromatic N) is 1. The Morgan fingerprint density at radius 1 is 0.750 bits per heavy atom. The molecule has 0 bridgehead atoms. The molecule has 2 aromatic carbocycles. The van der Waals surface area contributed by atoms with E-state index in [1.807, 2.05) is 6.07 Å². The Kier molecular flexibility index (Phi) is 2.30. The summed E-state index contributed by atoms with van der Waals surface area (Å²) in [6, 6.07) is 18.8. The van der Waals surface area contributed by atoms with E-state index in [1.165, 1.54) is 16.8 Å². The van der Waals surface area contributed by atoms with Crippen molar-refractivity contribution in [3.8, 4) is 0 Å². The minimum atomic E-state index is 1.04. The van der Waals surface area contributed by atoms with Crippen molar-refractivity contribution in [3.05, 3.63) is 65.7 Å². The molecule has 1 aliphatic rings. The number of rotatable bonds is 1. The summed E-state index contributed by atoms with van der Waals surface area (Å²) in [5, 5.41) is 0. The van der Waals surface area contributed by atoms with Crippen molar-refractivity contribution < 1.29 is 0 Å². The summed E-state index contributed by atoms with van der Waals surface area (Å²) in [6.07, 6.45) is 2.14. The van der Waals surface area contributed by atoms with Crippen LogP contribution in [0, 0.1) is 0 Å². The zero-order chi connectivity index (χ0) is 10.8. The zero-order valence-electron chi connectivity index (χ0n) is 9.06. The predicted octanol–water partition coefficient (Wildman–Crippen LogP) is 3.75. The Labute approximate surface area is 95.5 Å². The molecular weight excluding hydrogens is 194 g/mol. The van der Waals surface area contributed by atoms with E-state index in [4.69, 9.17) is 4.99 Å². The summed E-state index contributed by atoms with van der Waals surface area (Å²) in [5.41, 5.74) is 4.95. The van der Waals surface area contributed by atoms with E-state index in [9.17, 15) is 0 Å². The van der Waals surface area contributed by atoms with Crippen LogP contribution < -0.4 is 0 Å². The van der Waals surface area contributed by atoms with Gasteiger partial charge in [-0.1, -0.05) is 48.5 Å². The van der Waals surface area contributed by atoms with Gasteiger partial charge in [0, 0.05) is 5.71 Å². The molecule has 0 aliphatic carbocycles. The molecule has 3 rings (SSSR count). The number of fused-ring (bicyclic) bond motifs is 1. The molecule has 0 fully saturated rings. The molecule has 0 amide bonds. The Bertz CT molecular complexity index is 526. The van der Waals surface area contributed by atoms with Gasteiger partial charge < -0.3 is 0 Å². The molecule has 0 radical (unpaired) electrons. The number of para-hydroxylation sites is 1. The number of hydrogen-bond donors (Lipinski definition) is 0. The van der Waals surface area contributed by atoms with Gasteiger partial charge in [-0.3, -0.25) is 4.99 Å². The lowest BCUT2D eigenvalue weighted by atomic mass is 9.97. The molecule has 1 nitrogen and oxygen atoms in total. The van der Waals surface area contributed by atoms with Crippen LogP contribution in [0.1, 0.15) is 17.5 Å². The molecule has 1 aliphatic heterocycles. The lowest BCUT2D eigenvalue weighted by Gasteiger charge is -2.15. The van der Waals surface area contributed by atoms with E-state index in [0.717, 1.165) is 18.5 Å². The molecule has 0 saturated heterocycles. The van der Waals surface area contributed by atoms with Crippen LogP contribution in [0.4, 0.5) is 5.69 Å². The van der Waals surface area contributed by atoms with Gasteiger partial charge in [0.05, 0.1) is 5.69 Å². The van der Waals surface area contributed by atoms with Gasteiger partial charge >= 0.3 is 0 Å². The summed E-state index contributed by atoms with van der Waals surface area (Å²) in [5.74, 6) is 0. The number of benzene rings is 2. The average molecular weight is 207 g/mol. The maximum Gasteiger partial charge on any atom is 0.0665 e. The lowest BCUT2D eigenvalue weighted by molar-refractivity contribution is 1.01. The molecule has 1 heteroatoms. The fraction of sp³-hybridized carbons (Fsp3) is 0.133. The highest BCUT2D eigenvalue weighted by Gasteiger charge is 2.12. The van der Waals surface area contributed by atoms with E-state index in [1.54, 1.807) is 0 Å². The third kappa shape index (κ3) is 1.65. The standard InChI is InChI=1S/C15H13N/c1-2-6-12(7-3-1)15-11-10-13-8-4-5-9-14(13)16-15/h1-9H,10-11H2. The molecule has 78 valence electrons. The second-order valence-corrected chi connectivity index (χ2v) is 4.05. The minimum Gasteiger partial charge on any atom is -0.253 e. The molecule has 16 heavy (non-hydrogen) atoms.